The van der Waals surface area contributed by atoms with Gasteiger partial charge in [0.2, 0.25) is 10.0 Å². The van der Waals surface area contributed by atoms with Gasteiger partial charge in [0.25, 0.3) is 0 Å². The molecule has 2 aromatic rings. The third kappa shape index (κ3) is 3.11. The Morgan fingerprint density at radius 2 is 2.33 bits per heavy atom. The molecule has 2 rings (SSSR count). The van der Waals surface area contributed by atoms with Crippen LogP contribution in [0.3, 0.4) is 0 Å². The summed E-state index contributed by atoms with van der Waals surface area (Å²) in [4.78, 5) is 3.88. The lowest BCUT2D eigenvalue weighted by Gasteiger charge is -2.04. The molecule has 1 N–H and O–H groups in total. The highest BCUT2D eigenvalue weighted by Gasteiger charge is 2.17. The summed E-state index contributed by atoms with van der Waals surface area (Å²) < 4.78 is 29.0. The quantitative estimate of drug-likeness (QED) is 0.917. The monoisotopic (exact) mass is 305 g/mol. The average molecular weight is 306 g/mol. The third-order valence-corrected chi connectivity index (χ3v) is 5.81. The fourth-order valence-electron chi connectivity index (χ4n) is 1.36. The maximum atomic E-state index is 11.9. The second-order valence-electron chi connectivity index (χ2n) is 3.72. The molecule has 0 aliphatic heterocycles. The van der Waals surface area contributed by atoms with Crippen LogP contribution >= 0.6 is 22.9 Å². The first-order valence-electron chi connectivity index (χ1n) is 5.20. The van der Waals surface area contributed by atoms with Crippen molar-refractivity contribution in [3.05, 3.63) is 34.7 Å². The number of thiophene rings is 1. The second-order valence-corrected chi connectivity index (χ2v) is 7.37. The summed E-state index contributed by atoms with van der Waals surface area (Å²) >= 11 is 6.93. The summed E-state index contributed by atoms with van der Waals surface area (Å²) in [6.07, 6.45) is 5.07. The summed E-state index contributed by atoms with van der Waals surface area (Å²) in [6, 6.07) is 1.58. The molecule has 2 heterocycles. The van der Waals surface area contributed by atoms with Crippen LogP contribution in [0.5, 0.6) is 0 Å². The molecule has 18 heavy (non-hydrogen) atoms. The van der Waals surface area contributed by atoms with Gasteiger partial charge >= 0.3 is 0 Å². The predicted octanol–water partition coefficient (Wildman–Crippen LogP) is 1.88. The fourth-order valence-corrected chi connectivity index (χ4v) is 4.14. The van der Waals surface area contributed by atoms with Crippen LogP contribution in [-0.4, -0.2) is 24.5 Å². The number of nitrogens with one attached hydrogen (secondary N) is 1. The van der Waals surface area contributed by atoms with Crippen molar-refractivity contribution < 1.29 is 8.42 Å². The van der Waals surface area contributed by atoms with E-state index in [2.05, 4.69) is 9.71 Å². The molecule has 0 radical (unpaired) electrons. The Morgan fingerprint density at radius 1 is 1.56 bits per heavy atom. The van der Waals surface area contributed by atoms with Crippen molar-refractivity contribution >= 4 is 33.0 Å². The van der Waals surface area contributed by atoms with Crippen LogP contribution in [0.4, 0.5) is 0 Å². The lowest BCUT2D eigenvalue weighted by molar-refractivity contribution is 0.575. The maximum Gasteiger partial charge on any atom is 0.250 e. The summed E-state index contributed by atoms with van der Waals surface area (Å²) in [5, 5.41) is 0. The molecule has 0 amide bonds. The second kappa shape index (κ2) is 5.40. The molecular formula is C10H12ClN3O2S2. The normalized spacial score (nSPS) is 11.9. The summed E-state index contributed by atoms with van der Waals surface area (Å²) in [5.74, 6) is 0. The van der Waals surface area contributed by atoms with Crippen LogP contribution in [0.25, 0.3) is 0 Å². The lowest BCUT2D eigenvalue weighted by atomic mass is 10.4. The van der Waals surface area contributed by atoms with Crippen molar-refractivity contribution in [1.29, 1.82) is 0 Å². The molecule has 0 aromatic carbocycles. The van der Waals surface area contributed by atoms with Gasteiger partial charge in [-0.25, -0.2) is 18.1 Å². The van der Waals surface area contributed by atoms with E-state index in [1.807, 2.05) is 0 Å². The average Bonchev–Trinajstić information content (AvgIpc) is 2.90. The highest BCUT2D eigenvalue weighted by molar-refractivity contribution is 7.91. The maximum absolute atomic E-state index is 11.9. The number of nitrogens with zero attached hydrogens (tertiary/aromatic N) is 2. The minimum absolute atomic E-state index is 0.246. The number of rotatable bonds is 5. The smallest absolute Gasteiger partial charge is 0.250 e. The Labute approximate surface area is 114 Å². The van der Waals surface area contributed by atoms with Crippen LogP contribution < -0.4 is 4.72 Å². The highest BCUT2D eigenvalue weighted by atomic mass is 35.5. The Morgan fingerprint density at radius 3 is 2.89 bits per heavy atom. The van der Waals surface area contributed by atoms with E-state index in [9.17, 15) is 8.42 Å². The molecule has 0 saturated carbocycles. The van der Waals surface area contributed by atoms with Gasteiger partial charge in [0, 0.05) is 25.5 Å². The zero-order chi connectivity index (χ0) is 13.2. The van der Waals surface area contributed by atoms with Crippen LogP contribution in [0.1, 0.15) is 5.56 Å². The minimum Gasteiger partial charge on any atom is -0.336 e. The zero-order valence-corrected chi connectivity index (χ0v) is 12.0. The van der Waals surface area contributed by atoms with Gasteiger partial charge < -0.3 is 4.57 Å². The van der Waals surface area contributed by atoms with Gasteiger partial charge in [-0.05, 0) is 18.6 Å². The summed E-state index contributed by atoms with van der Waals surface area (Å²) in [5.41, 5.74) is 0.775. The SMILES string of the molecule is Cc1cc(S(=O)(=O)NCCn2ccnc2)sc1Cl. The van der Waals surface area contributed by atoms with Crippen LogP contribution in [0.2, 0.25) is 4.34 Å². The Hall–Kier alpha value is -0.890. The van der Waals surface area contributed by atoms with Crippen molar-refractivity contribution in [1.82, 2.24) is 14.3 Å². The number of halogens is 1. The summed E-state index contributed by atoms with van der Waals surface area (Å²) in [6.45, 7) is 2.63. The van der Waals surface area contributed by atoms with Crippen LogP contribution in [-0.2, 0) is 16.6 Å². The van der Waals surface area contributed by atoms with E-state index in [-0.39, 0.29) is 4.21 Å². The Balaban J connectivity index is 1.99. The first-order valence-corrected chi connectivity index (χ1v) is 7.88. The first kappa shape index (κ1) is 13.5. The van der Waals surface area contributed by atoms with Gasteiger partial charge in [-0.1, -0.05) is 11.6 Å². The first-order chi connectivity index (χ1) is 8.49. The minimum atomic E-state index is -3.46. The van der Waals surface area contributed by atoms with Crippen molar-refractivity contribution in [2.75, 3.05) is 6.54 Å². The molecule has 0 atom stereocenters. The van der Waals surface area contributed by atoms with Crippen molar-refractivity contribution in [2.45, 2.75) is 17.7 Å². The van der Waals surface area contributed by atoms with Crippen molar-refractivity contribution in [3.8, 4) is 0 Å². The molecule has 8 heteroatoms. The van der Waals surface area contributed by atoms with E-state index in [1.54, 1.807) is 36.3 Å². The van der Waals surface area contributed by atoms with E-state index in [4.69, 9.17) is 11.6 Å². The molecule has 0 saturated heterocycles. The number of imidazole rings is 1. The standard InChI is InChI=1S/C10H12ClN3O2S2/c1-8-6-9(17-10(8)11)18(15,16)13-3-5-14-4-2-12-7-14/h2,4,6-7,13H,3,5H2,1H3. The van der Waals surface area contributed by atoms with Crippen molar-refractivity contribution in [2.24, 2.45) is 0 Å². The fraction of sp³-hybridized carbons (Fsp3) is 0.300. The highest BCUT2D eigenvalue weighted by Crippen LogP contribution is 2.29. The van der Waals surface area contributed by atoms with E-state index in [0.29, 0.717) is 17.4 Å². The molecule has 0 unspecified atom stereocenters. The van der Waals surface area contributed by atoms with Gasteiger partial charge in [0.05, 0.1) is 10.7 Å². The van der Waals surface area contributed by atoms with E-state index < -0.39 is 10.0 Å². The molecule has 0 bridgehead atoms. The largest absolute Gasteiger partial charge is 0.336 e. The molecule has 0 aliphatic carbocycles. The predicted molar refractivity (Wildman–Crippen MR) is 71.5 cm³/mol. The van der Waals surface area contributed by atoms with Gasteiger partial charge in [0.1, 0.15) is 4.21 Å². The lowest BCUT2D eigenvalue weighted by Crippen LogP contribution is -2.26. The Bertz CT molecular complexity index is 600. The van der Waals surface area contributed by atoms with Gasteiger partial charge in [-0.3, -0.25) is 0 Å². The number of aryl methyl sites for hydroxylation is 1. The molecular weight excluding hydrogens is 294 g/mol. The van der Waals surface area contributed by atoms with Gasteiger partial charge in [-0.15, -0.1) is 11.3 Å². The number of hydrogen-bond donors (Lipinski definition) is 1. The zero-order valence-electron chi connectivity index (χ0n) is 9.63. The molecule has 5 nitrogen and oxygen atoms in total. The molecule has 0 spiro atoms. The number of aromatic nitrogens is 2. The van der Waals surface area contributed by atoms with Gasteiger partial charge in [-0.2, -0.15) is 0 Å². The van der Waals surface area contributed by atoms with E-state index >= 15 is 0 Å². The third-order valence-electron chi connectivity index (χ3n) is 2.32. The Kier molecular flexibility index (Phi) is 4.06. The number of hydrogen-bond acceptors (Lipinski definition) is 4. The van der Waals surface area contributed by atoms with Crippen LogP contribution in [0.15, 0.2) is 29.0 Å². The van der Waals surface area contributed by atoms with E-state index in [1.165, 1.54) is 0 Å². The molecule has 0 fully saturated rings. The van der Waals surface area contributed by atoms with Crippen LogP contribution in [0, 0.1) is 6.92 Å². The summed E-state index contributed by atoms with van der Waals surface area (Å²) in [7, 11) is -3.46. The molecule has 2 aromatic heterocycles. The van der Waals surface area contributed by atoms with E-state index in [0.717, 1.165) is 16.9 Å². The topological polar surface area (TPSA) is 64.0 Å². The molecule has 0 aliphatic rings. The number of sulfonamides is 1. The molecule has 98 valence electrons. The van der Waals surface area contributed by atoms with Gasteiger partial charge in [0.15, 0.2) is 0 Å². The van der Waals surface area contributed by atoms with Crippen molar-refractivity contribution in [3.63, 3.8) is 0 Å².